The molecule has 0 amide bonds. The molecule has 0 radical (unpaired) electrons. The maximum atomic E-state index is 9.11. The lowest BCUT2D eigenvalue weighted by atomic mass is 10.0. The number of rotatable bonds is 4. The van der Waals surface area contributed by atoms with Crippen LogP contribution in [0, 0.1) is 11.3 Å². The molecule has 0 aliphatic carbocycles. The molecule has 1 heterocycles. The van der Waals surface area contributed by atoms with Gasteiger partial charge in [0, 0.05) is 38.8 Å². The van der Waals surface area contributed by atoms with Gasteiger partial charge in [0.25, 0.3) is 0 Å². The largest absolute Gasteiger partial charge is 0.302 e. The molecule has 0 aromatic heterocycles. The summed E-state index contributed by atoms with van der Waals surface area (Å²) in [7, 11) is 1.85. The highest BCUT2D eigenvalue weighted by atomic mass is 15.3. The van der Waals surface area contributed by atoms with Gasteiger partial charge in [-0.1, -0.05) is 0 Å². The molecule has 0 aromatic rings. The highest BCUT2D eigenvalue weighted by Crippen LogP contribution is 2.10. The summed E-state index contributed by atoms with van der Waals surface area (Å²) in [5.41, 5.74) is -0.417. The number of nitrogens with zero attached hydrogens (tertiary/aromatic N) is 3. The lowest BCUT2D eigenvalue weighted by molar-refractivity contribution is 0.0962. The summed E-state index contributed by atoms with van der Waals surface area (Å²) in [4.78, 5) is 4.86. The number of piperazine rings is 1. The van der Waals surface area contributed by atoms with Crippen molar-refractivity contribution in [3.63, 3.8) is 0 Å². The summed E-state index contributed by atoms with van der Waals surface area (Å²) < 4.78 is 0. The average Bonchev–Trinajstić information content (AvgIpc) is 2.29. The fourth-order valence-electron chi connectivity index (χ4n) is 2.06. The van der Waals surface area contributed by atoms with Crippen molar-refractivity contribution in [1.82, 2.24) is 15.1 Å². The SMILES string of the molecule is CNC(C)(C#N)CN1CCN(C(C)C)CC1. The minimum Gasteiger partial charge on any atom is -0.302 e. The first-order valence-corrected chi connectivity index (χ1v) is 6.07. The molecular weight excluding hydrogens is 200 g/mol. The van der Waals surface area contributed by atoms with Crippen LogP contribution in [-0.2, 0) is 0 Å². The highest BCUT2D eigenvalue weighted by molar-refractivity contribution is 5.05. The van der Waals surface area contributed by atoms with Gasteiger partial charge in [0.1, 0.15) is 5.54 Å². The second-order valence-corrected chi connectivity index (χ2v) is 5.10. The average molecular weight is 224 g/mol. The molecule has 0 bridgehead atoms. The van der Waals surface area contributed by atoms with Crippen molar-refractivity contribution in [3.8, 4) is 6.07 Å². The Bertz CT molecular complexity index is 250. The van der Waals surface area contributed by atoms with Crippen LogP contribution >= 0.6 is 0 Å². The second-order valence-electron chi connectivity index (χ2n) is 5.10. The van der Waals surface area contributed by atoms with Crippen LogP contribution in [0.5, 0.6) is 0 Å². The Labute approximate surface area is 99.2 Å². The first-order valence-electron chi connectivity index (χ1n) is 6.07. The van der Waals surface area contributed by atoms with Gasteiger partial charge in [0.15, 0.2) is 0 Å². The molecule has 1 N–H and O–H groups in total. The first kappa shape index (κ1) is 13.4. The van der Waals surface area contributed by atoms with E-state index in [2.05, 4.69) is 35.0 Å². The van der Waals surface area contributed by atoms with Crippen molar-refractivity contribution < 1.29 is 0 Å². The predicted molar refractivity (Wildman–Crippen MR) is 66.2 cm³/mol. The molecule has 1 fully saturated rings. The summed E-state index contributed by atoms with van der Waals surface area (Å²) in [5, 5.41) is 12.2. The van der Waals surface area contributed by atoms with E-state index in [9.17, 15) is 0 Å². The first-order chi connectivity index (χ1) is 7.50. The van der Waals surface area contributed by atoms with Crippen LogP contribution in [0.15, 0.2) is 0 Å². The monoisotopic (exact) mass is 224 g/mol. The Balaban J connectivity index is 2.41. The lowest BCUT2D eigenvalue weighted by Crippen LogP contribution is -2.55. The fourth-order valence-corrected chi connectivity index (χ4v) is 2.06. The molecule has 1 rings (SSSR count). The normalized spacial score (nSPS) is 23.0. The molecule has 1 saturated heterocycles. The Hall–Kier alpha value is -0.630. The van der Waals surface area contributed by atoms with Gasteiger partial charge >= 0.3 is 0 Å². The zero-order valence-corrected chi connectivity index (χ0v) is 11.0. The van der Waals surface area contributed by atoms with Crippen molar-refractivity contribution in [1.29, 1.82) is 5.26 Å². The smallest absolute Gasteiger partial charge is 0.116 e. The number of hydrogen-bond acceptors (Lipinski definition) is 4. The van der Waals surface area contributed by atoms with E-state index in [1.54, 1.807) is 0 Å². The summed E-state index contributed by atoms with van der Waals surface area (Å²) in [6, 6.07) is 2.98. The number of nitrogens with one attached hydrogen (secondary N) is 1. The van der Waals surface area contributed by atoms with Gasteiger partial charge in [-0.25, -0.2) is 0 Å². The number of nitriles is 1. The number of hydrogen-bond donors (Lipinski definition) is 1. The molecule has 16 heavy (non-hydrogen) atoms. The summed E-state index contributed by atoms with van der Waals surface area (Å²) in [5.74, 6) is 0. The van der Waals surface area contributed by atoms with E-state index in [1.807, 2.05) is 14.0 Å². The standard InChI is InChI=1S/C12H24N4/c1-11(2)16-7-5-15(6-8-16)10-12(3,9-13)14-4/h11,14H,5-8,10H2,1-4H3. The van der Waals surface area contributed by atoms with E-state index in [0.717, 1.165) is 32.7 Å². The van der Waals surface area contributed by atoms with E-state index >= 15 is 0 Å². The molecule has 0 saturated carbocycles. The maximum absolute atomic E-state index is 9.11. The van der Waals surface area contributed by atoms with Crippen LogP contribution in [0.4, 0.5) is 0 Å². The third-order valence-electron chi connectivity index (χ3n) is 3.48. The topological polar surface area (TPSA) is 42.3 Å². The minimum atomic E-state index is -0.417. The lowest BCUT2D eigenvalue weighted by Gasteiger charge is -2.39. The Morgan fingerprint density at radius 3 is 2.25 bits per heavy atom. The van der Waals surface area contributed by atoms with Crippen LogP contribution in [0.1, 0.15) is 20.8 Å². The van der Waals surface area contributed by atoms with Crippen LogP contribution < -0.4 is 5.32 Å². The van der Waals surface area contributed by atoms with E-state index in [0.29, 0.717) is 6.04 Å². The van der Waals surface area contributed by atoms with Crippen molar-refractivity contribution >= 4 is 0 Å². The van der Waals surface area contributed by atoms with E-state index in [4.69, 9.17) is 5.26 Å². The molecule has 1 aliphatic rings. The van der Waals surface area contributed by atoms with Crippen molar-refractivity contribution in [2.24, 2.45) is 0 Å². The Morgan fingerprint density at radius 1 is 1.31 bits per heavy atom. The predicted octanol–water partition coefficient (Wildman–Crippen LogP) is 0.514. The van der Waals surface area contributed by atoms with Crippen LogP contribution in [0.3, 0.4) is 0 Å². The van der Waals surface area contributed by atoms with Gasteiger partial charge in [-0.15, -0.1) is 0 Å². The van der Waals surface area contributed by atoms with Crippen molar-refractivity contribution in [2.75, 3.05) is 39.8 Å². The number of likely N-dealkylation sites (N-methyl/N-ethyl adjacent to an activating group) is 1. The van der Waals surface area contributed by atoms with Gasteiger partial charge in [0.05, 0.1) is 6.07 Å². The third kappa shape index (κ3) is 3.44. The van der Waals surface area contributed by atoms with E-state index in [-0.39, 0.29) is 0 Å². The van der Waals surface area contributed by atoms with Crippen LogP contribution in [0.25, 0.3) is 0 Å². The minimum absolute atomic E-state index is 0.417. The summed E-state index contributed by atoms with van der Waals surface area (Å²) in [6.07, 6.45) is 0. The van der Waals surface area contributed by atoms with Gasteiger partial charge in [-0.3, -0.25) is 9.80 Å². The Morgan fingerprint density at radius 2 is 1.88 bits per heavy atom. The molecule has 0 spiro atoms. The second kappa shape index (κ2) is 5.62. The van der Waals surface area contributed by atoms with Gasteiger partial charge in [-0.05, 0) is 27.8 Å². The van der Waals surface area contributed by atoms with Crippen LogP contribution in [0.2, 0.25) is 0 Å². The van der Waals surface area contributed by atoms with Crippen LogP contribution in [-0.4, -0.2) is 61.2 Å². The van der Waals surface area contributed by atoms with E-state index < -0.39 is 5.54 Å². The Kier molecular flexibility index (Phi) is 4.72. The third-order valence-corrected chi connectivity index (χ3v) is 3.48. The zero-order valence-electron chi connectivity index (χ0n) is 11.0. The molecule has 4 heteroatoms. The van der Waals surface area contributed by atoms with Crippen molar-refractivity contribution in [2.45, 2.75) is 32.4 Å². The molecule has 92 valence electrons. The van der Waals surface area contributed by atoms with Gasteiger partial charge in [-0.2, -0.15) is 5.26 Å². The quantitative estimate of drug-likeness (QED) is 0.756. The highest BCUT2D eigenvalue weighted by Gasteiger charge is 2.27. The molecule has 1 atom stereocenters. The molecule has 0 aromatic carbocycles. The van der Waals surface area contributed by atoms with E-state index in [1.165, 1.54) is 0 Å². The van der Waals surface area contributed by atoms with Gasteiger partial charge < -0.3 is 5.32 Å². The maximum Gasteiger partial charge on any atom is 0.116 e. The molecular formula is C12H24N4. The van der Waals surface area contributed by atoms with Gasteiger partial charge in [0.2, 0.25) is 0 Å². The summed E-state index contributed by atoms with van der Waals surface area (Å²) in [6.45, 7) is 11.6. The fraction of sp³-hybridized carbons (Fsp3) is 0.917. The zero-order chi connectivity index (χ0) is 12.2. The summed E-state index contributed by atoms with van der Waals surface area (Å²) >= 11 is 0. The van der Waals surface area contributed by atoms with Crippen molar-refractivity contribution in [3.05, 3.63) is 0 Å². The molecule has 1 unspecified atom stereocenters. The molecule has 1 aliphatic heterocycles. The molecule has 4 nitrogen and oxygen atoms in total.